The molecule has 2 aromatic heterocycles. The number of aromatic nitrogens is 3. The molecule has 0 bridgehead atoms. The number of thiophene rings is 1. The molecule has 7 nitrogen and oxygen atoms in total. The first kappa shape index (κ1) is 22.7. The topological polar surface area (TPSA) is 93.2 Å². The minimum Gasteiger partial charge on any atom is -0.469 e. The quantitative estimate of drug-likeness (QED) is 0.371. The lowest BCUT2D eigenvalue weighted by molar-refractivity contribution is -0.141. The molecule has 0 spiro atoms. The molecule has 0 unspecified atom stereocenters. The van der Waals surface area contributed by atoms with Crippen molar-refractivity contribution in [3.63, 3.8) is 0 Å². The van der Waals surface area contributed by atoms with Gasteiger partial charge in [0.1, 0.15) is 16.9 Å². The van der Waals surface area contributed by atoms with Crippen molar-refractivity contribution in [1.29, 1.82) is 5.26 Å². The summed E-state index contributed by atoms with van der Waals surface area (Å²) in [4.78, 5) is 18.6. The van der Waals surface area contributed by atoms with Gasteiger partial charge in [-0.05, 0) is 49.6 Å². The summed E-state index contributed by atoms with van der Waals surface area (Å²) in [6, 6.07) is 17.4. The number of nitriles is 1. The van der Waals surface area contributed by atoms with Gasteiger partial charge in [0.2, 0.25) is 0 Å². The van der Waals surface area contributed by atoms with Crippen molar-refractivity contribution in [3.05, 3.63) is 87.3 Å². The number of hydrogen-bond acceptors (Lipinski definition) is 7. The average molecular weight is 482 g/mol. The van der Waals surface area contributed by atoms with Crippen LogP contribution >= 0.6 is 11.3 Å². The van der Waals surface area contributed by atoms with Crippen LogP contribution in [0.3, 0.4) is 0 Å². The predicted molar refractivity (Wildman–Crippen MR) is 135 cm³/mol. The summed E-state index contributed by atoms with van der Waals surface area (Å²) in [7, 11) is 1.38. The van der Waals surface area contributed by atoms with Crippen molar-refractivity contribution < 1.29 is 9.53 Å². The first-order valence-corrected chi connectivity index (χ1v) is 12.0. The number of nitrogens with zero attached hydrogens (tertiary/aromatic N) is 5. The van der Waals surface area contributed by atoms with Crippen LogP contribution in [0.1, 0.15) is 51.2 Å². The van der Waals surface area contributed by atoms with Gasteiger partial charge in [0.05, 0.1) is 30.9 Å². The number of esters is 1. The van der Waals surface area contributed by atoms with E-state index in [4.69, 9.17) is 9.73 Å². The summed E-state index contributed by atoms with van der Waals surface area (Å²) in [6.45, 7) is 6.11. The van der Waals surface area contributed by atoms with Crippen LogP contribution in [0.2, 0.25) is 0 Å². The van der Waals surface area contributed by atoms with Crippen LogP contribution in [-0.4, -0.2) is 33.6 Å². The van der Waals surface area contributed by atoms with E-state index in [-0.39, 0.29) is 12.4 Å². The molecule has 8 heteroatoms. The number of carbonyl (C=O) groups is 1. The number of benzene rings is 2. The Morgan fingerprint density at radius 1 is 1.09 bits per heavy atom. The van der Waals surface area contributed by atoms with E-state index >= 15 is 0 Å². The third kappa shape index (κ3) is 3.94. The number of carbonyl (C=O) groups excluding carboxylic acids is 1. The first-order chi connectivity index (χ1) is 16.9. The third-order valence-corrected chi connectivity index (χ3v) is 7.50. The van der Waals surface area contributed by atoms with Crippen molar-refractivity contribution in [2.45, 2.75) is 33.2 Å². The average Bonchev–Trinajstić information content (AvgIpc) is 3.36. The zero-order valence-corrected chi connectivity index (χ0v) is 20.7. The van der Waals surface area contributed by atoms with Crippen molar-refractivity contribution >= 4 is 23.0 Å². The van der Waals surface area contributed by atoms with Gasteiger partial charge in [-0.15, -0.1) is 21.5 Å². The van der Waals surface area contributed by atoms with Gasteiger partial charge < -0.3 is 4.74 Å². The molecular weight excluding hydrogens is 458 g/mol. The molecule has 35 heavy (non-hydrogen) atoms. The van der Waals surface area contributed by atoms with Gasteiger partial charge in [0.15, 0.2) is 5.82 Å². The van der Waals surface area contributed by atoms with Gasteiger partial charge in [-0.25, -0.2) is 0 Å². The summed E-state index contributed by atoms with van der Waals surface area (Å²) in [5.74, 6) is 1.04. The number of hydrogen-bond donors (Lipinski definition) is 0. The summed E-state index contributed by atoms with van der Waals surface area (Å²) in [5.41, 5.74) is 6.55. The zero-order valence-electron chi connectivity index (χ0n) is 19.9. The van der Waals surface area contributed by atoms with E-state index in [2.05, 4.69) is 30.1 Å². The lowest BCUT2D eigenvalue weighted by Crippen LogP contribution is -2.12. The third-order valence-electron chi connectivity index (χ3n) is 6.31. The highest BCUT2D eigenvalue weighted by atomic mass is 32.1. The molecule has 1 aliphatic heterocycles. The normalized spacial score (nSPS) is 14.4. The lowest BCUT2D eigenvalue weighted by atomic mass is 9.96. The molecule has 0 fully saturated rings. The van der Waals surface area contributed by atoms with E-state index in [0.29, 0.717) is 11.4 Å². The Morgan fingerprint density at radius 3 is 2.54 bits per heavy atom. The van der Waals surface area contributed by atoms with Crippen LogP contribution in [0.15, 0.2) is 53.5 Å². The number of aliphatic imine (C=N–C) groups is 1. The summed E-state index contributed by atoms with van der Waals surface area (Å²) < 4.78 is 6.98. The lowest BCUT2D eigenvalue weighted by Gasteiger charge is -2.12. The Hall–Kier alpha value is -4.09. The summed E-state index contributed by atoms with van der Waals surface area (Å²) in [6.07, 6.45) is 0.0736. The van der Waals surface area contributed by atoms with Crippen LogP contribution < -0.4 is 0 Å². The van der Waals surface area contributed by atoms with E-state index in [1.807, 2.05) is 54.0 Å². The van der Waals surface area contributed by atoms with Crippen molar-refractivity contribution in [2.75, 3.05) is 7.11 Å². The van der Waals surface area contributed by atoms with Gasteiger partial charge in [0.25, 0.3) is 0 Å². The van der Waals surface area contributed by atoms with Crippen LogP contribution in [0, 0.1) is 32.1 Å². The van der Waals surface area contributed by atoms with Gasteiger partial charge in [-0.3, -0.25) is 14.4 Å². The first-order valence-electron chi connectivity index (χ1n) is 11.2. The van der Waals surface area contributed by atoms with Gasteiger partial charge in [-0.2, -0.15) is 5.26 Å². The number of aryl methyl sites for hydroxylation is 2. The Balaban J connectivity index is 1.67. The molecule has 2 aromatic carbocycles. The van der Waals surface area contributed by atoms with E-state index in [1.165, 1.54) is 12.0 Å². The van der Waals surface area contributed by atoms with E-state index in [9.17, 15) is 10.1 Å². The van der Waals surface area contributed by atoms with Gasteiger partial charge in [0, 0.05) is 16.0 Å². The standard InChI is InChI=1S/C27H23N5O2S/c1-15-16(2)35-27-24(15)25(29-22(13-23(33)34-4)26-31-30-17(3)32(26)27)20-10-8-19(9-11-20)21-7-5-6-18(12-21)14-28/h5-12,22H,13H2,1-4H3/t22-/m1/s1. The Labute approximate surface area is 207 Å². The predicted octanol–water partition coefficient (Wildman–Crippen LogP) is 5.25. The molecule has 0 radical (unpaired) electrons. The highest BCUT2D eigenvalue weighted by Gasteiger charge is 2.32. The van der Waals surface area contributed by atoms with Crippen LogP contribution in [-0.2, 0) is 9.53 Å². The largest absolute Gasteiger partial charge is 0.469 e. The number of fused-ring (bicyclic) bond motifs is 3. The highest BCUT2D eigenvalue weighted by molar-refractivity contribution is 7.15. The van der Waals surface area contributed by atoms with Gasteiger partial charge in [-0.1, -0.05) is 36.4 Å². The van der Waals surface area contributed by atoms with Crippen LogP contribution in [0.4, 0.5) is 0 Å². The second-order valence-electron chi connectivity index (χ2n) is 8.45. The molecule has 4 aromatic rings. The fourth-order valence-corrected chi connectivity index (χ4v) is 5.57. The molecular formula is C27H23N5O2S. The fraction of sp³-hybridized carbons (Fsp3) is 0.222. The fourth-order valence-electron chi connectivity index (χ4n) is 4.35. The Morgan fingerprint density at radius 2 is 1.83 bits per heavy atom. The molecule has 0 amide bonds. The number of methoxy groups -OCH3 is 1. The maximum Gasteiger partial charge on any atom is 0.308 e. The van der Waals surface area contributed by atoms with Gasteiger partial charge >= 0.3 is 5.97 Å². The second-order valence-corrected chi connectivity index (χ2v) is 9.65. The number of ether oxygens (including phenoxy) is 1. The van der Waals surface area contributed by atoms with E-state index in [0.717, 1.165) is 44.4 Å². The Bertz CT molecular complexity index is 1520. The molecule has 5 rings (SSSR count). The zero-order chi connectivity index (χ0) is 24.7. The van der Waals surface area contributed by atoms with E-state index < -0.39 is 6.04 Å². The van der Waals surface area contributed by atoms with E-state index in [1.54, 1.807) is 17.4 Å². The summed E-state index contributed by atoms with van der Waals surface area (Å²) in [5, 5.41) is 18.9. The van der Waals surface area contributed by atoms with Crippen LogP contribution in [0.25, 0.3) is 16.1 Å². The minimum absolute atomic E-state index is 0.0736. The maximum absolute atomic E-state index is 12.3. The molecule has 1 atom stereocenters. The van der Waals surface area contributed by atoms with Crippen molar-refractivity contribution in [3.8, 4) is 22.2 Å². The SMILES string of the molecule is COC(=O)C[C@H]1N=C(c2ccc(-c3cccc(C#N)c3)cc2)c2c(sc(C)c2C)-n2c(C)nnc21. The van der Waals surface area contributed by atoms with Crippen LogP contribution in [0.5, 0.6) is 0 Å². The minimum atomic E-state index is -0.523. The maximum atomic E-state index is 12.3. The van der Waals surface area contributed by atoms with Crippen molar-refractivity contribution in [2.24, 2.45) is 4.99 Å². The highest BCUT2D eigenvalue weighted by Crippen LogP contribution is 2.39. The monoisotopic (exact) mass is 481 g/mol. The molecule has 1 aliphatic rings. The molecule has 0 saturated heterocycles. The molecule has 0 saturated carbocycles. The molecule has 0 aliphatic carbocycles. The molecule has 0 N–H and O–H groups in total. The molecule has 3 heterocycles. The number of rotatable bonds is 4. The second kappa shape index (κ2) is 8.93. The molecule has 174 valence electrons. The summed E-state index contributed by atoms with van der Waals surface area (Å²) >= 11 is 1.68. The van der Waals surface area contributed by atoms with Crippen molar-refractivity contribution in [1.82, 2.24) is 14.8 Å². The Kier molecular flexibility index (Phi) is 5.79. The smallest absolute Gasteiger partial charge is 0.308 e.